The summed E-state index contributed by atoms with van der Waals surface area (Å²) in [6, 6.07) is 4.96. The van der Waals surface area contributed by atoms with E-state index in [2.05, 4.69) is 0 Å². The molecule has 1 unspecified atom stereocenters. The highest BCUT2D eigenvalue weighted by Crippen LogP contribution is 2.40. The van der Waals surface area contributed by atoms with Crippen molar-refractivity contribution >= 4 is 23.4 Å². The molecule has 3 rings (SSSR count). The van der Waals surface area contributed by atoms with E-state index in [1.54, 1.807) is 12.1 Å². The third-order valence-corrected chi connectivity index (χ3v) is 5.31. The van der Waals surface area contributed by atoms with Crippen molar-refractivity contribution in [3.8, 4) is 5.75 Å². The summed E-state index contributed by atoms with van der Waals surface area (Å²) < 4.78 is 33.2. The molecule has 6 nitrogen and oxygen atoms in total. The van der Waals surface area contributed by atoms with Crippen molar-refractivity contribution in [1.82, 2.24) is 0 Å². The Morgan fingerprint density at radius 3 is 2.34 bits per heavy atom. The Labute approximate surface area is 167 Å². The van der Waals surface area contributed by atoms with Crippen LogP contribution in [-0.2, 0) is 0 Å². The van der Waals surface area contributed by atoms with E-state index in [0.717, 1.165) is 30.4 Å². The quantitative estimate of drug-likeness (QED) is 0.817. The van der Waals surface area contributed by atoms with Gasteiger partial charge in [-0.05, 0) is 55.7 Å². The second kappa shape index (κ2) is 7.69. The van der Waals surface area contributed by atoms with Gasteiger partial charge in [0.2, 0.25) is 0 Å². The molecule has 1 heterocycles. The smallest absolute Gasteiger partial charge is 0.412 e. The lowest BCUT2D eigenvalue weighted by Gasteiger charge is -2.41. The van der Waals surface area contributed by atoms with Gasteiger partial charge in [0.25, 0.3) is 5.91 Å². The molecule has 8 heteroatoms. The molecule has 0 spiro atoms. The fourth-order valence-electron chi connectivity index (χ4n) is 3.58. The Hall–Kier alpha value is -3.16. The zero-order valence-corrected chi connectivity index (χ0v) is 16.6. The number of carbonyl (C=O) groups is 2. The monoisotopic (exact) mass is 404 g/mol. The van der Waals surface area contributed by atoms with E-state index in [0.29, 0.717) is 17.8 Å². The van der Waals surface area contributed by atoms with Crippen molar-refractivity contribution in [1.29, 1.82) is 0 Å². The molecule has 1 atom stereocenters. The molecule has 0 bridgehead atoms. The summed E-state index contributed by atoms with van der Waals surface area (Å²) in [6.45, 7) is 5.56. The SMILES string of the molecule is CCC1CN(C(=O)c2ccc(F)c(OC)c2F)c2cc(C)c(C)cc2N1C(=O)O. The van der Waals surface area contributed by atoms with Crippen molar-refractivity contribution in [3.63, 3.8) is 0 Å². The topological polar surface area (TPSA) is 70.1 Å². The summed E-state index contributed by atoms with van der Waals surface area (Å²) in [4.78, 5) is 27.7. The number of carbonyl (C=O) groups excluding carboxylic acids is 1. The van der Waals surface area contributed by atoms with Crippen LogP contribution in [-0.4, -0.2) is 36.8 Å². The number of ether oxygens (including phenoxy) is 1. The van der Waals surface area contributed by atoms with Gasteiger partial charge >= 0.3 is 6.09 Å². The normalized spacial score (nSPS) is 15.9. The van der Waals surface area contributed by atoms with E-state index in [1.165, 1.54) is 9.80 Å². The summed E-state index contributed by atoms with van der Waals surface area (Å²) in [5.74, 6) is -3.31. The van der Waals surface area contributed by atoms with Gasteiger partial charge in [0, 0.05) is 6.54 Å². The van der Waals surface area contributed by atoms with Crippen molar-refractivity contribution < 1.29 is 28.2 Å². The molecule has 0 aromatic heterocycles. The maximum atomic E-state index is 14.7. The second-order valence-electron chi connectivity index (χ2n) is 7.00. The number of aryl methyl sites for hydroxylation is 2. The van der Waals surface area contributed by atoms with Gasteiger partial charge in [-0.1, -0.05) is 6.92 Å². The van der Waals surface area contributed by atoms with Crippen LogP contribution in [0, 0.1) is 25.5 Å². The number of amides is 2. The van der Waals surface area contributed by atoms with E-state index >= 15 is 0 Å². The molecule has 0 fully saturated rings. The van der Waals surface area contributed by atoms with Gasteiger partial charge < -0.3 is 14.7 Å². The third-order valence-electron chi connectivity index (χ3n) is 5.31. The minimum atomic E-state index is -1.12. The number of carboxylic acid groups (broad SMARTS) is 1. The zero-order valence-electron chi connectivity index (χ0n) is 16.6. The Kier molecular flexibility index (Phi) is 5.46. The molecule has 1 aliphatic rings. The first kappa shape index (κ1) is 20.6. The van der Waals surface area contributed by atoms with Crippen molar-refractivity contribution in [2.24, 2.45) is 0 Å². The summed E-state index contributed by atoms with van der Waals surface area (Å²) >= 11 is 0. The molecule has 2 aromatic rings. The lowest BCUT2D eigenvalue weighted by molar-refractivity contribution is 0.0977. The number of methoxy groups -OCH3 is 1. The van der Waals surface area contributed by atoms with Crippen LogP contribution < -0.4 is 14.5 Å². The summed E-state index contributed by atoms with van der Waals surface area (Å²) in [6.07, 6.45) is -0.666. The second-order valence-corrected chi connectivity index (χ2v) is 7.00. The van der Waals surface area contributed by atoms with E-state index in [-0.39, 0.29) is 12.1 Å². The van der Waals surface area contributed by atoms with Gasteiger partial charge in [0.05, 0.1) is 30.1 Å². The lowest BCUT2D eigenvalue weighted by atomic mass is 9.99. The Balaban J connectivity index is 2.18. The Morgan fingerprint density at radius 1 is 1.17 bits per heavy atom. The molecule has 0 saturated carbocycles. The van der Waals surface area contributed by atoms with Gasteiger partial charge in [-0.25, -0.2) is 13.6 Å². The van der Waals surface area contributed by atoms with Crippen LogP contribution in [0.3, 0.4) is 0 Å². The van der Waals surface area contributed by atoms with Crippen LogP contribution in [0.25, 0.3) is 0 Å². The predicted molar refractivity (Wildman–Crippen MR) is 105 cm³/mol. The van der Waals surface area contributed by atoms with Crippen LogP contribution in [0.1, 0.15) is 34.8 Å². The zero-order chi connectivity index (χ0) is 21.5. The van der Waals surface area contributed by atoms with Gasteiger partial charge in [-0.3, -0.25) is 9.69 Å². The van der Waals surface area contributed by atoms with Gasteiger partial charge in [0.15, 0.2) is 17.4 Å². The standard InChI is InChI=1S/C21H22F2N2O4/c1-5-13-10-24(20(26)14-6-7-15(22)19(29-4)18(14)23)16-8-11(2)12(3)9-17(16)25(13)21(27)28/h6-9,13H,5,10H2,1-4H3,(H,27,28). The average Bonchev–Trinajstić information content (AvgIpc) is 2.67. The van der Waals surface area contributed by atoms with E-state index < -0.39 is 35.4 Å². The van der Waals surface area contributed by atoms with Crippen LogP contribution in [0.2, 0.25) is 0 Å². The number of hydrogen-bond donors (Lipinski definition) is 1. The number of fused-ring (bicyclic) bond motifs is 1. The number of rotatable bonds is 3. The molecule has 154 valence electrons. The molecule has 0 saturated heterocycles. The van der Waals surface area contributed by atoms with Crippen LogP contribution in [0.4, 0.5) is 25.0 Å². The number of benzene rings is 2. The minimum absolute atomic E-state index is 0.0519. The molecule has 0 aliphatic carbocycles. The lowest BCUT2D eigenvalue weighted by Crippen LogP contribution is -2.53. The molecule has 2 amide bonds. The van der Waals surface area contributed by atoms with Gasteiger partial charge in [0.1, 0.15) is 0 Å². The van der Waals surface area contributed by atoms with Gasteiger partial charge in [-0.2, -0.15) is 0 Å². The average molecular weight is 404 g/mol. The van der Waals surface area contributed by atoms with Crippen LogP contribution >= 0.6 is 0 Å². The highest BCUT2D eigenvalue weighted by Gasteiger charge is 2.38. The molecular formula is C21H22F2N2O4. The number of nitrogens with zero attached hydrogens (tertiary/aromatic N) is 2. The first-order chi connectivity index (χ1) is 13.7. The molecular weight excluding hydrogens is 382 g/mol. The fraction of sp³-hybridized carbons (Fsp3) is 0.333. The Bertz CT molecular complexity index is 993. The minimum Gasteiger partial charge on any atom is -0.491 e. The number of hydrogen-bond acceptors (Lipinski definition) is 3. The summed E-state index contributed by atoms with van der Waals surface area (Å²) in [5.41, 5.74) is 2.12. The maximum absolute atomic E-state index is 14.7. The number of anilines is 2. The predicted octanol–water partition coefficient (Wildman–Crippen LogP) is 4.51. The molecule has 29 heavy (non-hydrogen) atoms. The molecule has 1 N–H and O–H groups in total. The van der Waals surface area contributed by atoms with Crippen molar-refractivity contribution in [3.05, 3.63) is 52.6 Å². The van der Waals surface area contributed by atoms with E-state index in [9.17, 15) is 23.5 Å². The highest BCUT2D eigenvalue weighted by atomic mass is 19.1. The Morgan fingerprint density at radius 2 is 1.79 bits per heavy atom. The first-order valence-corrected chi connectivity index (χ1v) is 9.18. The summed E-state index contributed by atoms with van der Waals surface area (Å²) in [7, 11) is 1.12. The summed E-state index contributed by atoms with van der Waals surface area (Å²) in [5, 5.41) is 9.74. The fourth-order valence-corrected chi connectivity index (χ4v) is 3.58. The first-order valence-electron chi connectivity index (χ1n) is 9.18. The van der Waals surface area contributed by atoms with Crippen molar-refractivity contribution in [2.75, 3.05) is 23.5 Å². The van der Waals surface area contributed by atoms with Crippen LogP contribution in [0.15, 0.2) is 24.3 Å². The highest BCUT2D eigenvalue weighted by molar-refractivity contribution is 6.10. The van der Waals surface area contributed by atoms with Crippen LogP contribution in [0.5, 0.6) is 5.75 Å². The molecule has 0 radical (unpaired) electrons. The van der Waals surface area contributed by atoms with E-state index in [1.807, 2.05) is 20.8 Å². The largest absolute Gasteiger partial charge is 0.491 e. The van der Waals surface area contributed by atoms with Gasteiger partial charge in [-0.15, -0.1) is 0 Å². The maximum Gasteiger partial charge on any atom is 0.412 e. The molecule has 2 aromatic carbocycles. The molecule has 1 aliphatic heterocycles. The third kappa shape index (κ3) is 3.39. The van der Waals surface area contributed by atoms with Crippen molar-refractivity contribution in [2.45, 2.75) is 33.2 Å². The number of halogens is 2. The van der Waals surface area contributed by atoms with E-state index in [4.69, 9.17) is 4.74 Å².